The van der Waals surface area contributed by atoms with E-state index in [0.717, 1.165) is 60.5 Å². The van der Waals surface area contributed by atoms with Crippen LogP contribution in [0.15, 0.2) is 52.5 Å². The van der Waals surface area contributed by atoms with Crippen LogP contribution in [-0.4, -0.2) is 55.2 Å². The Bertz CT molecular complexity index is 1150. The summed E-state index contributed by atoms with van der Waals surface area (Å²) in [6.45, 7) is 5.14. The van der Waals surface area contributed by atoms with E-state index < -0.39 is 0 Å². The molecule has 8 heteroatoms. The average Bonchev–Trinajstić information content (AvgIpc) is 3.57. The molecule has 5 rings (SSSR count). The second-order valence-corrected chi connectivity index (χ2v) is 10.1. The molecule has 0 bridgehead atoms. The molecule has 1 aliphatic rings. The first kappa shape index (κ1) is 20.8. The molecule has 31 heavy (non-hydrogen) atoms. The van der Waals surface area contributed by atoms with Crippen molar-refractivity contribution in [3.8, 4) is 11.3 Å². The van der Waals surface area contributed by atoms with Crippen LogP contribution < -0.4 is 4.90 Å². The van der Waals surface area contributed by atoms with E-state index >= 15 is 0 Å². The quantitative estimate of drug-likeness (QED) is 0.361. The van der Waals surface area contributed by atoms with Gasteiger partial charge in [0.05, 0.1) is 23.8 Å². The second kappa shape index (κ2) is 9.58. The fourth-order valence-corrected chi connectivity index (χ4v) is 6.26. The number of carbonyl (C=O) groups is 1. The maximum atomic E-state index is 13.3. The minimum atomic E-state index is 0.0352. The summed E-state index contributed by atoms with van der Waals surface area (Å²) in [7, 11) is 0. The molecule has 160 valence electrons. The molecule has 5 nitrogen and oxygen atoms in total. The zero-order valence-electron chi connectivity index (χ0n) is 17.0. The summed E-state index contributed by atoms with van der Waals surface area (Å²) in [5.74, 6) is 0.0352. The van der Waals surface area contributed by atoms with Crippen LogP contribution in [0.2, 0.25) is 0 Å². The largest absolute Gasteiger partial charge is 0.379 e. The molecule has 1 aromatic carbocycles. The topological polar surface area (TPSA) is 45.7 Å². The van der Waals surface area contributed by atoms with Crippen LogP contribution in [-0.2, 0) is 4.74 Å². The van der Waals surface area contributed by atoms with Crippen LogP contribution in [0.25, 0.3) is 21.3 Å². The molecule has 1 fully saturated rings. The predicted octanol–water partition coefficient (Wildman–Crippen LogP) is 5.46. The Morgan fingerprint density at radius 2 is 1.94 bits per heavy atom. The van der Waals surface area contributed by atoms with Gasteiger partial charge in [-0.2, -0.15) is 0 Å². The first-order valence-corrected chi connectivity index (χ1v) is 13.0. The van der Waals surface area contributed by atoms with E-state index in [1.54, 1.807) is 22.7 Å². The highest BCUT2D eigenvalue weighted by Gasteiger charge is 2.23. The number of thiophene rings is 2. The molecule has 1 aliphatic heterocycles. The minimum absolute atomic E-state index is 0.0352. The molecular weight excluding hydrogens is 446 g/mol. The number of morpholine rings is 1. The summed E-state index contributed by atoms with van der Waals surface area (Å²) < 4.78 is 6.69. The molecule has 0 N–H and O–H groups in total. The summed E-state index contributed by atoms with van der Waals surface area (Å²) in [6.07, 6.45) is 0.910. The van der Waals surface area contributed by atoms with E-state index in [1.165, 1.54) is 21.4 Å². The van der Waals surface area contributed by atoms with Crippen molar-refractivity contribution in [2.24, 2.45) is 0 Å². The Hall–Kier alpha value is -2.10. The van der Waals surface area contributed by atoms with Crippen molar-refractivity contribution in [3.63, 3.8) is 0 Å². The van der Waals surface area contributed by atoms with Crippen LogP contribution in [0.3, 0.4) is 0 Å². The first-order valence-electron chi connectivity index (χ1n) is 10.4. The molecule has 3 aromatic heterocycles. The van der Waals surface area contributed by atoms with Crippen LogP contribution in [0, 0.1) is 0 Å². The highest BCUT2D eigenvalue weighted by atomic mass is 32.1. The van der Waals surface area contributed by atoms with Gasteiger partial charge in [0.1, 0.15) is 0 Å². The lowest BCUT2D eigenvalue weighted by Crippen LogP contribution is -2.39. The summed E-state index contributed by atoms with van der Waals surface area (Å²) in [5.41, 5.74) is 2.08. The average molecular weight is 470 g/mol. The van der Waals surface area contributed by atoms with Gasteiger partial charge in [0.25, 0.3) is 5.91 Å². The van der Waals surface area contributed by atoms with E-state index in [2.05, 4.69) is 39.9 Å². The zero-order valence-corrected chi connectivity index (χ0v) is 19.5. The Morgan fingerprint density at radius 3 is 2.77 bits per heavy atom. The summed E-state index contributed by atoms with van der Waals surface area (Å²) >= 11 is 4.76. The number of fused-ring (bicyclic) bond motifs is 1. The number of carbonyl (C=O) groups excluding carboxylic acids is 1. The van der Waals surface area contributed by atoms with Gasteiger partial charge in [-0.3, -0.25) is 14.6 Å². The molecule has 1 amide bonds. The number of hydrogen-bond acceptors (Lipinski definition) is 7. The second-order valence-electron chi connectivity index (χ2n) is 7.40. The van der Waals surface area contributed by atoms with Crippen LogP contribution in [0.5, 0.6) is 0 Å². The molecule has 0 saturated carbocycles. The van der Waals surface area contributed by atoms with Gasteiger partial charge in [-0.25, -0.2) is 4.98 Å². The number of rotatable bonds is 7. The lowest BCUT2D eigenvalue weighted by molar-refractivity contribution is 0.0376. The first-order chi connectivity index (χ1) is 15.3. The lowest BCUT2D eigenvalue weighted by atomic mass is 10.1. The standard InChI is InChI=1S/C23H23N3O2S3/c27-22(21-7-3-14-29-21)26(9-4-8-25-10-12-28-13-11-25)23-24-19(16-31-23)18-15-30-20-6-2-1-5-17(18)20/h1-3,5-7,14-16H,4,8-13H2. The van der Waals surface area contributed by atoms with Crippen LogP contribution in [0.4, 0.5) is 5.13 Å². The van der Waals surface area contributed by atoms with Gasteiger partial charge in [-0.1, -0.05) is 24.3 Å². The Balaban J connectivity index is 1.37. The third-order valence-corrected chi connectivity index (χ3v) is 8.10. The fraction of sp³-hybridized carbons (Fsp3) is 0.304. The van der Waals surface area contributed by atoms with E-state index in [0.29, 0.717) is 6.54 Å². The maximum Gasteiger partial charge on any atom is 0.270 e. The summed E-state index contributed by atoms with van der Waals surface area (Å²) in [4.78, 5) is 23.2. The predicted molar refractivity (Wildman–Crippen MR) is 131 cm³/mol. The third-order valence-electron chi connectivity index (χ3n) is 5.42. The van der Waals surface area contributed by atoms with Crippen molar-refractivity contribution in [1.82, 2.24) is 9.88 Å². The number of anilines is 1. The van der Waals surface area contributed by atoms with E-state index in [4.69, 9.17) is 9.72 Å². The Labute approximate surface area is 193 Å². The van der Waals surface area contributed by atoms with Crippen molar-refractivity contribution < 1.29 is 9.53 Å². The van der Waals surface area contributed by atoms with Gasteiger partial charge in [0, 0.05) is 52.6 Å². The van der Waals surface area contributed by atoms with Crippen molar-refractivity contribution >= 4 is 55.1 Å². The Kier molecular flexibility index (Phi) is 6.42. The number of amides is 1. The highest BCUT2D eigenvalue weighted by Crippen LogP contribution is 2.36. The normalized spacial score (nSPS) is 14.8. The van der Waals surface area contributed by atoms with E-state index in [9.17, 15) is 4.79 Å². The lowest BCUT2D eigenvalue weighted by Gasteiger charge is -2.27. The number of hydrogen-bond donors (Lipinski definition) is 0. The van der Waals surface area contributed by atoms with Gasteiger partial charge in [-0.15, -0.1) is 34.0 Å². The molecule has 4 heterocycles. The third kappa shape index (κ3) is 4.58. The minimum Gasteiger partial charge on any atom is -0.379 e. The van der Waals surface area contributed by atoms with E-state index in [-0.39, 0.29) is 5.91 Å². The van der Waals surface area contributed by atoms with Gasteiger partial charge in [-0.05, 0) is 23.9 Å². The van der Waals surface area contributed by atoms with Crippen molar-refractivity contribution in [2.45, 2.75) is 6.42 Å². The molecule has 1 saturated heterocycles. The molecule has 0 spiro atoms. The molecular formula is C23H23N3O2S3. The number of aromatic nitrogens is 1. The van der Waals surface area contributed by atoms with Gasteiger partial charge < -0.3 is 4.74 Å². The van der Waals surface area contributed by atoms with E-state index in [1.807, 2.05) is 22.4 Å². The van der Waals surface area contributed by atoms with Gasteiger partial charge >= 0.3 is 0 Å². The SMILES string of the molecule is O=C(c1cccs1)N(CCCN1CCOCC1)c1nc(-c2csc3ccccc23)cs1. The monoisotopic (exact) mass is 469 g/mol. The number of nitrogens with zero attached hydrogens (tertiary/aromatic N) is 3. The molecule has 0 aliphatic carbocycles. The van der Waals surface area contributed by atoms with Crippen LogP contribution >= 0.6 is 34.0 Å². The molecule has 4 aromatic rings. The fourth-order valence-electron chi connectivity index (χ4n) is 3.78. The molecule has 0 unspecified atom stereocenters. The van der Waals surface area contributed by atoms with Crippen molar-refractivity contribution in [3.05, 3.63) is 57.4 Å². The van der Waals surface area contributed by atoms with Gasteiger partial charge in [0.15, 0.2) is 5.13 Å². The maximum absolute atomic E-state index is 13.3. The zero-order chi connectivity index (χ0) is 21.0. The van der Waals surface area contributed by atoms with Crippen molar-refractivity contribution in [1.29, 1.82) is 0 Å². The van der Waals surface area contributed by atoms with Crippen LogP contribution in [0.1, 0.15) is 16.1 Å². The highest BCUT2D eigenvalue weighted by molar-refractivity contribution is 7.18. The number of ether oxygens (including phenoxy) is 1. The molecule has 0 atom stereocenters. The smallest absolute Gasteiger partial charge is 0.270 e. The number of thiazole rings is 1. The Morgan fingerprint density at radius 1 is 1.06 bits per heavy atom. The molecule has 0 radical (unpaired) electrons. The summed E-state index contributed by atoms with van der Waals surface area (Å²) in [5, 5.41) is 8.16. The van der Waals surface area contributed by atoms with Crippen molar-refractivity contribution in [2.75, 3.05) is 44.3 Å². The summed E-state index contributed by atoms with van der Waals surface area (Å²) in [6, 6.07) is 12.2. The van der Waals surface area contributed by atoms with Gasteiger partial charge in [0.2, 0.25) is 0 Å². The number of benzene rings is 1.